The summed E-state index contributed by atoms with van der Waals surface area (Å²) in [6.07, 6.45) is 0. The van der Waals surface area contributed by atoms with Crippen LogP contribution in [0.1, 0.15) is 12.5 Å². The summed E-state index contributed by atoms with van der Waals surface area (Å²) >= 11 is 0. The highest BCUT2D eigenvalue weighted by atomic mass is 16.5. The molecular formula is C13H13NO3. The highest BCUT2D eigenvalue weighted by Gasteiger charge is 2.13. The van der Waals surface area contributed by atoms with Gasteiger partial charge in [-0.3, -0.25) is 4.79 Å². The molecule has 0 saturated heterocycles. The van der Waals surface area contributed by atoms with Crippen LogP contribution in [0.3, 0.4) is 0 Å². The second-order valence-electron chi connectivity index (χ2n) is 3.33. The van der Waals surface area contributed by atoms with Gasteiger partial charge in [-0.15, -0.1) is 0 Å². The van der Waals surface area contributed by atoms with Crippen LogP contribution in [0.2, 0.25) is 0 Å². The number of methoxy groups -OCH3 is 1. The van der Waals surface area contributed by atoms with E-state index in [-0.39, 0.29) is 0 Å². The van der Waals surface area contributed by atoms with E-state index in [9.17, 15) is 9.59 Å². The van der Waals surface area contributed by atoms with Crippen LogP contribution >= 0.6 is 0 Å². The van der Waals surface area contributed by atoms with E-state index in [0.717, 1.165) is 5.56 Å². The number of nitrogens with one attached hydrogen (secondary N) is 1. The SMILES string of the molecule is COC(=O)[C@@H](C)NC(=O)C#Cc1ccccc1. The van der Waals surface area contributed by atoms with Gasteiger partial charge in [-0.05, 0) is 19.1 Å². The van der Waals surface area contributed by atoms with Crippen LogP contribution < -0.4 is 5.32 Å². The summed E-state index contributed by atoms with van der Waals surface area (Å²) in [5.41, 5.74) is 0.744. The number of carbonyl (C=O) groups excluding carboxylic acids is 2. The van der Waals surface area contributed by atoms with Gasteiger partial charge in [0.25, 0.3) is 5.91 Å². The van der Waals surface area contributed by atoms with Crippen molar-refractivity contribution in [2.75, 3.05) is 7.11 Å². The van der Waals surface area contributed by atoms with E-state index in [1.54, 1.807) is 12.1 Å². The molecule has 0 unspecified atom stereocenters. The quantitative estimate of drug-likeness (QED) is 0.602. The fourth-order valence-electron chi connectivity index (χ4n) is 1.12. The van der Waals surface area contributed by atoms with Crippen LogP contribution in [0, 0.1) is 11.8 Å². The van der Waals surface area contributed by atoms with Crippen molar-refractivity contribution in [1.29, 1.82) is 0 Å². The molecule has 0 heterocycles. The summed E-state index contributed by atoms with van der Waals surface area (Å²) in [7, 11) is 1.26. The molecule has 0 aliphatic rings. The average molecular weight is 231 g/mol. The molecule has 0 aliphatic heterocycles. The summed E-state index contributed by atoms with van der Waals surface area (Å²) in [6.45, 7) is 1.54. The molecule has 0 radical (unpaired) electrons. The van der Waals surface area contributed by atoms with Crippen molar-refractivity contribution in [2.45, 2.75) is 13.0 Å². The molecule has 4 heteroatoms. The third-order valence-electron chi connectivity index (χ3n) is 2.00. The average Bonchev–Trinajstić information content (AvgIpc) is 2.36. The first-order chi connectivity index (χ1) is 8.13. The smallest absolute Gasteiger partial charge is 0.328 e. The maximum Gasteiger partial charge on any atom is 0.328 e. The van der Waals surface area contributed by atoms with Crippen LogP contribution in [0.15, 0.2) is 30.3 Å². The van der Waals surface area contributed by atoms with E-state index in [1.165, 1.54) is 14.0 Å². The summed E-state index contributed by atoms with van der Waals surface area (Å²) in [6, 6.07) is 8.42. The van der Waals surface area contributed by atoms with Crippen molar-refractivity contribution in [3.05, 3.63) is 35.9 Å². The first-order valence-electron chi connectivity index (χ1n) is 5.09. The minimum absolute atomic E-state index is 0.500. The Bertz CT molecular complexity index is 457. The molecular weight excluding hydrogens is 218 g/mol. The normalized spacial score (nSPS) is 10.7. The highest BCUT2D eigenvalue weighted by molar-refractivity contribution is 5.96. The van der Waals surface area contributed by atoms with Gasteiger partial charge in [0, 0.05) is 11.5 Å². The van der Waals surface area contributed by atoms with Gasteiger partial charge >= 0.3 is 5.97 Å². The molecule has 0 aromatic heterocycles. The van der Waals surface area contributed by atoms with Gasteiger partial charge in [-0.2, -0.15) is 0 Å². The van der Waals surface area contributed by atoms with Gasteiger partial charge in [0.05, 0.1) is 7.11 Å². The second kappa shape index (κ2) is 6.33. The predicted octanol–water partition coefficient (Wildman–Crippen LogP) is 0.716. The van der Waals surface area contributed by atoms with Gasteiger partial charge in [0.2, 0.25) is 0 Å². The summed E-state index contributed by atoms with van der Waals surface area (Å²) in [4.78, 5) is 22.4. The van der Waals surface area contributed by atoms with Gasteiger partial charge in [-0.1, -0.05) is 24.1 Å². The molecule has 1 aromatic rings. The third-order valence-corrected chi connectivity index (χ3v) is 2.00. The van der Waals surface area contributed by atoms with Crippen LogP contribution in [0.25, 0.3) is 0 Å². The van der Waals surface area contributed by atoms with Crippen molar-refractivity contribution in [3.63, 3.8) is 0 Å². The molecule has 1 aromatic carbocycles. The number of ether oxygens (including phenoxy) is 1. The lowest BCUT2D eigenvalue weighted by Crippen LogP contribution is -2.38. The summed E-state index contributed by atoms with van der Waals surface area (Å²) in [5.74, 6) is 4.09. The van der Waals surface area contributed by atoms with E-state index in [4.69, 9.17) is 0 Å². The Labute approximate surface area is 100.0 Å². The monoisotopic (exact) mass is 231 g/mol. The van der Waals surface area contributed by atoms with E-state index < -0.39 is 17.9 Å². The molecule has 0 bridgehead atoms. The number of benzene rings is 1. The number of hydrogen-bond acceptors (Lipinski definition) is 3. The predicted molar refractivity (Wildman–Crippen MR) is 62.9 cm³/mol. The summed E-state index contributed by atoms with van der Waals surface area (Å²) < 4.78 is 4.47. The number of amides is 1. The van der Waals surface area contributed by atoms with Crippen LogP contribution in [0.4, 0.5) is 0 Å². The first-order valence-corrected chi connectivity index (χ1v) is 5.09. The Morgan fingerprint density at radius 3 is 2.53 bits per heavy atom. The number of esters is 1. The van der Waals surface area contributed by atoms with Crippen LogP contribution in [-0.4, -0.2) is 25.0 Å². The van der Waals surface area contributed by atoms with Gasteiger partial charge in [0.1, 0.15) is 6.04 Å². The fraction of sp³-hybridized carbons (Fsp3) is 0.231. The third kappa shape index (κ3) is 4.39. The molecule has 0 aliphatic carbocycles. The molecule has 1 N–H and O–H groups in total. The lowest BCUT2D eigenvalue weighted by Gasteiger charge is -2.07. The maximum atomic E-state index is 11.4. The zero-order chi connectivity index (χ0) is 12.7. The molecule has 0 saturated carbocycles. The number of rotatable bonds is 2. The topological polar surface area (TPSA) is 55.4 Å². The lowest BCUT2D eigenvalue weighted by atomic mass is 10.2. The standard InChI is InChI=1S/C13H13NO3/c1-10(13(16)17-2)14-12(15)9-8-11-6-4-3-5-7-11/h3-7,10H,1-2H3,(H,14,15)/t10-/m1/s1. The zero-order valence-corrected chi connectivity index (χ0v) is 9.69. The molecule has 17 heavy (non-hydrogen) atoms. The van der Waals surface area contributed by atoms with Crippen LogP contribution in [0.5, 0.6) is 0 Å². The Balaban J connectivity index is 2.56. The van der Waals surface area contributed by atoms with Gasteiger partial charge < -0.3 is 10.1 Å². The Kier molecular flexibility index (Phi) is 4.77. The van der Waals surface area contributed by atoms with E-state index in [1.807, 2.05) is 18.2 Å². The van der Waals surface area contributed by atoms with Crippen molar-refractivity contribution in [2.24, 2.45) is 0 Å². The van der Waals surface area contributed by atoms with Crippen molar-refractivity contribution >= 4 is 11.9 Å². The minimum Gasteiger partial charge on any atom is -0.467 e. The minimum atomic E-state index is -0.697. The lowest BCUT2D eigenvalue weighted by molar-refractivity contribution is -0.143. The molecule has 88 valence electrons. The van der Waals surface area contributed by atoms with E-state index >= 15 is 0 Å². The number of hydrogen-bond donors (Lipinski definition) is 1. The maximum absolute atomic E-state index is 11.4. The van der Waals surface area contributed by atoms with Gasteiger partial charge in [-0.25, -0.2) is 4.79 Å². The second-order valence-corrected chi connectivity index (χ2v) is 3.33. The summed E-state index contributed by atoms with van der Waals surface area (Å²) in [5, 5.41) is 2.41. The van der Waals surface area contributed by atoms with Crippen molar-refractivity contribution in [3.8, 4) is 11.8 Å². The Morgan fingerprint density at radius 2 is 1.94 bits per heavy atom. The largest absolute Gasteiger partial charge is 0.467 e. The van der Waals surface area contributed by atoms with Gasteiger partial charge in [0.15, 0.2) is 0 Å². The zero-order valence-electron chi connectivity index (χ0n) is 9.69. The Morgan fingerprint density at radius 1 is 1.29 bits per heavy atom. The molecule has 0 fully saturated rings. The number of carbonyl (C=O) groups is 2. The molecule has 1 rings (SSSR count). The van der Waals surface area contributed by atoms with E-state index in [0.29, 0.717) is 0 Å². The fourth-order valence-corrected chi connectivity index (χ4v) is 1.12. The van der Waals surface area contributed by atoms with E-state index in [2.05, 4.69) is 21.9 Å². The molecule has 1 atom stereocenters. The van der Waals surface area contributed by atoms with Crippen molar-refractivity contribution < 1.29 is 14.3 Å². The molecule has 4 nitrogen and oxygen atoms in total. The molecule has 0 spiro atoms. The molecule has 1 amide bonds. The van der Waals surface area contributed by atoms with Crippen molar-refractivity contribution in [1.82, 2.24) is 5.32 Å². The van der Waals surface area contributed by atoms with Crippen LogP contribution in [-0.2, 0) is 14.3 Å². The Hall–Kier alpha value is -2.28. The first kappa shape index (κ1) is 12.8. The highest BCUT2D eigenvalue weighted by Crippen LogP contribution is 1.94.